The van der Waals surface area contributed by atoms with Crippen molar-refractivity contribution in [2.24, 2.45) is 0 Å². The second-order valence-corrected chi connectivity index (χ2v) is 8.07. The lowest BCUT2D eigenvalue weighted by Gasteiger charge is -2.40. The van der Waals surface area contributed by atoms with Gasteiger partial charge in [-0.25, -0.2) is 19.7 Å². The number of nitrogens with two attached hydrogens (primary N) is 1. The minimum absolute atomic E-state index is 0.145. The first-order valence-electron chi connectivity index (χ1n) is 10.7. The number of aromatic nitrogens is 4. The molecule has 0 radical (unpaired) electrons. The number of alkyl halides is 3. The molecule has 0 unspecified atom stereocenters. The van der Waals surface area contributed by atoms with Gasteiger partial charge in [0.05, 0.1) is 18.9 Å². The van der Waals surface area contributed by atoms with Gasteiger partial charge in [0.2, 0.25) is 17.8 Å². The fraction of sp³-hybridized carbons (Fsp3) is 0.550. The molecule has 3 heterocycles. The highest BCUT2D eigenvalue weighted by atomic mass is 19.4. The van der Waals surface area contributed by atoms with Crippen molar-refractivity contribution in [2.75, 3.05) is 50.5 Å². The third-order valence-corrected chi connectivity index (χ3v) is 5.62. The van der Waals surface area contributed by atoms with Crippen molar-refractivity contribution in [3.8, 4) is 17.1 Å². The normalized spacial score (nSPS) is 20.4. The smallest absolute Gasteiger partial charge is 0.405 e. The maximum absolute atomic E-state index is 12.3. The zero-order valence-corrected chi connectivity index (χ0v) is 18.5. The number of hydrogen-bond acceptors (Lipinski definition) is 9. The van der Waals surface area contributed by atoms with Gasteiger partial charge >= 0.3 is 12.2 Å². The molecule has 11 nitrogen and oxygen atoms in total. The lowest BCUT2D eigenvalue weighted by atomic mass is 9.88. The van der Waals surface area contributed by atoms with Crippen LogP contribution in [-0.2, 0) is 4.74 Å². The summed E-state index contributed by atoms with van der Waals surface area (Å²) in [6.45, 7) is 1.00. The molecule has 3 N–H and O–H groups in total. The molecule has 1 saturated carbocycles. The van der Waals surface area contributed by atoms with Crippen LogP contribution in [0.15, 0.2) is 18.5 Å². The summed E-state index contributed by atoms with van der Waals surface area (Å²) in [5.74, 6) is 0.967. The minimum atomic E-state index is -4.46. The van der Waals surface area contributed by atoms with Crippen LogP contribution in [0.5, 0.6) is 5.88 Å². The number of hydrogen-bond donors (Lipinski definition) is 2. The predicted molar refractivity (Wildman–Crippen MR) is 115 cm³/mol. The molecule has 1 aliphatic carbocycles. The molecule has 4 rings (SSSR count). The lowest BCUT2D eigenvalue weighted by Crippen LogP contribution is -2.53. The van der Waals surface area contributed by atoms with E-state index in [1.807, 2.05) is 10.2 Å². The number of anilines is 2. The second-order valence-electron chi connectivity index (χ2n) is 8.07. The van der Waals surface area contributed by atoms with Gasteiger partial charge in [-0.1, -0.05) is 0 Å². The monoisotopic (exact) mass is 482 g/mol. The molecular formula is C20H25F3N8O3. The number of amides is 2. The Morgan fingerprint density at radius 3 is 2.59 bits per heavy atom. The molecule has 0 bridgehead atoms. The van der Waals surface area contributed by atoms with Crippen LogP contribution in [0.25, 0.3) is 11.3 Å². The number of morpholine rings is 1. The number of ether oxygens (including phenoxy) is 2. The largest absolute Gasteiger partial charge is 0.474 e. The highest BCUT2D eigenvalue weighted by molar-refractivity contribution is 5.74. The zero-order valence-electron chi connectivity index (χ0n) is 18.5. The quantitative estimate of drug-likeness (QED) is 0.628. The Hall–Kier alpha value is -3.42. The van der Waals surface area contributed by atoms with E-state index < -0.39 is 18.8 Å². The van der Waals surface area contributed by atoms with E-state index in [1.54, 1.807) is 18.5 Å². The molecule has 2 aromatic rings. The molecule has 184 valence electrons. The van der Waals surface area contributed by atoms with Crippen LogP contribution in [-0.4, -0.2) is 89.1 Å². The van der Waals surface area contributed by atoms with E-state index >= 15 is 0 Å². The third kappa shape index (κ3) is 5.92. The van der Waals surface area contributed by atoms with E-state index in [-0.39, 0.29) is 18.1 Å². The molecule has 2 fully saturated rings. The Labute approximate surface area is 193 Å². The van der Waals surface area contributed by atoms with Gasteiger partial charge in [-0.05, 0) is 0 Å². The van der Waals surface area contributed by atoms with Crippen molar-refractivity contribution in [3.05, 3.63) is 18.5 Å². The molecule has 1 aliphatic heterocycles. The van der Waals surface area contributed by atoms with E-state index in [2.05, 4.69) is 19.9 Å². The standard InChI is InChI=1S/C20H25F3N8O3/c1-30(19(32)27-11-20(21,22)23)13-6-14(7-13)34-16-8-15(12-9-25-17(24)26-10-12)28-18(29-16)31-2-4-33-5-3-31/h8-10,13-14H,2-7,11H2,1H3,(H,27,32)(H2,24,25,26)/t13-,14-. The fourth-order valence-corrected chi connectivity index (χ4v) is 3.58. The Morgan fingerprint density at radius 1 is 1.26 bits per heavy atom. The molecule has 2 aliphatic rings. The molecule has 34 heavy (non-hydrogen) atoms. The highest BCUT2D eigenvalue weighted by Gasteiger charge is 2.37. The molecule has 0 aromatic carbocycles. The van der Waals surface area contributed by atoms with E-state index in [9.17, 15) is 18.0 Å². The number of carbonyl (C=O) groups is 1. The van der Waals surface area contributed by atoms with Gasteiger partial charge in [0.25, 0.3) is 0 Å². The Kier molecular flexibility index (Phi) is 6.86. The number of urea groups is 1. The highest BCUT2D eigenvalue weighted by Crippen LogP contribution is 2.31. The van der Waals surface area contributed by atoms with Crippen molar-refractivity contribution in [3.63, 3.8) is 0 Å². The summed E-state index contributed by atoms with van der Waals surface area (Å²) in [5.41, 5.74) is 6.79. The van der Waals surface area contributed by atoms with Crippen LogP contribution < -0.4 is 20.7 Å². The van der Waals surface area contributed by atoms with Gasteiger partial charge in [0.15, 0.2) is 0 Å². The lowest BCUT2D eigenvalue weighted by molar-refractivity contribution is -0.123. The van der Waals surface area contributed by atoms with Gasteiger partial charge in [-0.15, -0.1) is 0 Å². The van der Waals surface area contributed by atoms with E-state index in [0.29, 0.717) is 62.2 Å². The Balaban J connectivity index is 1.43. The first-order chi connectivity index (χ1) is 16.2. The minimum Gasteiger partial charge on any atom is -0.474 e. The average Bonchev–Trinajstić information content (AvgIpc) is 2.79. The van der Waals surface area contributed by atoms with Crippen molar-refractivity contribution in [1.29, 1.82) is 0 Å². The molecule has 2 aromatic heterocycles. The van der Waals surface area contributed by atoms with Gasteiger partial charge < -0.3 is 30.3 Å². The van der Waals surface area contributed by atoms with E-state index in [4.69, 9.17) is 15.2 Å². The van der Waals surface area contributed by atoms with E-state index in [1.165, 1.54) is 11.9 Å². The first-order valence-corrected chi connectivity index (χ1v) is 10.7. The van der Waals surface area contributed by atoms with Crippen molar-refractivity contribution < 1.29 is 27.4 Å². The summed E-state index contributed by atoms with van der Waals surface area (Å²) in [4.78, 5) is 32.4. The number of nitrogens with zero attached hydrogens (tertiary/aromatic N) is 6. The summed E-state index contributed by atoms with van der Waals surface area (Å²) in [5, 5.41) is 1.87. The van der Waals surface area contributed by atoms with E-state index in [0.717, 1.165) is 0 Å². The first kappa shape index (κ1) is 23.7. The van der Waals surface area contributed by atoms with Gasteiger partial charge in [-0.2, -0.15) is 18.2 Å². The number of carbonyl (C=O) groups excluding carboxylic acids is 1. The third-order valence-electron chi connectivity index (χ3n) is 5.62. The van der Waals surface area contributed by atoms with Crippen molar-refractivity contribution in [2.45, 2.75) is 31.2 Å². The Bertz CT molecular complexity index is 996. The predicted octanol–water partition coefficient (Wildman–Crippen LogP) is 1.47. The summed E-state index contributed by atoms with van der Waals surface area (Å²) in [6, 6.07) is 0.665. The summed E-state index contributed by atoms with van der Waals surface area (Å²) in [7, 11) is 1.47. The van der Waals surface area contributed by atoms with Crippen LogP contribution in [0.2, 0.25) is 0 Å². The second kappa shape index (κ2) is 9.83. The number of nitrogens with one attached hydrogen (secondary N) is 1. The fourth-order valence-electron chi connectivity index (χ4n) is 3.58. The van der Waals surface area contributed by atoms with Crippen LogP contribution in [0.4, 0.5) is 29.9 Å². The molecular weight excluding hydrogens is 457 g/mol. The van der Waals surface area contributed by atoms with Gasteiger partial charge in [-0.3, -0.25) is 0 Å². The molecule has 1 saturated heterocycles. The molecule has 14 heteroatoms. The summed E-state index contributed by atoms with van der Waals surface area (Å²) in [6.07, 6.45) is -0.650. The Morgan fingerprint density at radius 2 is 1.94 bits per heavy atom. The number of nitrogen functional groups attached to an aromatic ring is 1. The average molecular weight is 482 g/mol. The van der Waals surface area contributed by atoms with Gasteiger partial charge in [0, 0.05) is 63.0 Å². The molecule has 0 spiro atoms. The zero-order chi connectivity index (χ0) is 24.3. The van der Waals surface area contributed by atoms with Crippen LogP contribution in [0, 0.1) is 0 Å². The van der Waals surface area contributed by atoms with Crippen LogP contribution >= 0.6 is 0 Å². The molecule has 2 amide bonds. The van der Waals surface area contributed by atoms with Crippen molar-refractivity contribution >= 4 is 17.9 Å². The topological polar surface area (TPSA) is 132 Å². The van der Waals surface area contributed by atoms with Crippen LogP contribution in [0.1, 0.15) is 12.8 Å². The molecule has 0 atom stereocenters. The van der Waals surface area contributed by atoms with Gasteiger partial charge in [0.1, 0.15) is 12.6 Å². The van der Waals surface area contributed by atoms with Crippen molar-refractivity contribution in [1.82, 2.24) is 30.2 Å². The summed E-state index contributed by atoms with van der Waals surface area (Å²) >= 11 is 0. The maximum atomic E-state index is 12.3. The summed E-state index contributed by atoms with van der Waals surface area (Å²) < 4.78 is 48.4. The maximum Gasteiger partial charge on any atom is 0.405 e. The van der Waals surface area contributed by atoms with Crippen LogP contribution in [0.3, 0.4) is 0 Å². The SMILES string of the molecule is CN(C(=O)NCC(F)(F)F)[C@H]1C[C@H](Oc2cc(-c3cnc(N)nc3)nc(N3CCOCC3)n2)C1. The number of halogens is 3. The number of rotatable bonds is 6.